The first-order valence-corrected chi connectivity index (χ1v) is 10.6. The molecule has 1 heterocycles. The van der Waals surface area contributed by atoms with Crippen molar-refractivity contribution in [3.05, 3.63) is 22.3 Å². The second-order valence-electron chi connectivity index (χ2n) is 9.55. The molecule has 0 radical (unpaired) electrons. The molecule has 1 aliphatic heterocycles. The zero-order chi connectivity index (χ0) is 20.4. The minimum atomic E-state index is -0.875. The Balaban J connectivity index is 1.54. The fourth-order valence-electron chi connectivity index (χ4n) is 5.81. The number of phenolic OH excluding ortho intramolecular Hbond substituents is 1. The van der Waals surface area contributed by atoms with Gasteiger partial charge in [-0.1, -0.05) is 0 Å². The van der Waals surface area contributed by atoms with Gasteiger partial charge in [-0.05, 0) is 88.3 Å². The van der Waals surface area contributed by atoms with E-state index in [-0.39, 0.29) is 18.1 Å². The Bertz CT molecular complexity index is 806. The average molecular weight is 388 g/mol. The van der Waals surface area contributed by atoms with Gasteiger partial charge in [-0.25, -0.2) is 0 Å². The summed E-state index contributed by atoms with van der Waals surface area (Å²) in [4.78, 5) is 15.4. The number of hydrogen-bond donors (Lipinski definition) is 2. The number of amides is 1. The molecular weight excluding hydrogens is 354 g/mol. The lowest BCUT2D eigenvalue weighted by molar-refractivity contribution is -0.149. The first kappa shape index (κ1) is 19.6. The van der Waals surface area contributed by atoms with E-state index < -0.39 is 5.60 Å². The van der Waals surface area contributed by atoms with Gasteiger partial charge in [0.15, 0.2) is 5.60 Å². The third-order valence-corrected chi connectivity index (χ3v) is 7.81. The summed E-state index contributed by atoms with van der Waals surface area (Å²) in [6.07, 6.45) is 4.93. The van der Waals surface area contributed by atoms with Gasteiger partial charge in [0.05, 0.1) is 6.10 Å². The second-order valence-corrected chi connectivity index (χ2v) is 9.55. The molecule has 28 heavy (non-hydrogen) atoms. The highest BCUT2D eigenvalue weighted by atomic mass is 16.5. The van der Waals surface area contributed by atoms with Crippen molar-refractivity contribution in [3.63, 3.8) is 0 Å². The van der Waals surface area contributed by atoms with Crippen molar-refractivity contribution in [2.75, 3.05) is 7.05 Å². The number of phenols is 1. The van der Waals surface area contributed by atoms with E-state index in [2.05, 4.69) is 0 Å². The SMILES string of the molecule is Cc1c(C)c2c(c(C)c1O)CCC(C)(C(=O)N(C)C1C[C@H]3CC(O)C[C@H]3C1)O2. The maximum Gasteiger partial charge on any atom is 0.266 e. The molecule has 0 spiro atoms. The van der Waals surface area contributed by atoms with Crippen LogP contribution in [0.5, 0.6) is 11.5 Å². The fourth-order valence-corrected chi connectivity index (χ4v) is 5.81. The maximum atomic E-state index is 13.5. The third-order valence-electron chi connectivity index (χ3n) is 7.81. The topological polar surface area (TPSA) is 70.0 Å². The molecule has 5 nitrogen and oxygen atoms in total. The van der Waals surface area contributed by atoms with E-state index in [1.807, 2.05) is 39.6 Å². The highest BCUT2D eigenvalue weighted by molar-refractivity contribution is 5.86. The van der Waals surface area contributed by atoms with E-state index in [1.54, 1.807) is 0 Å². The summed E-state index contributed by atoms with van der Waals surface area (Å²) in [5.41, 5.74) is 2.76. The molecule has 0 saturated heterocycles. The molecule has 3 aliphatic rings. The van der Waals surface area contributed by atoms with Crippen LogP contribution in [0.2, 0.25) is 0 Å². The summed E-state index contributed by atoms with van der Waals surface area (Å²) >= 11 is 0. The number of likely N-dealkylation sites (N-methyl/N-ethyl adjacent to an activating group) is 1. The molecule has 3 unspecified atom stereocenters. The predicted molar refractivity (Wildman–Crippen MR) is 108 cm³/mol. The number of ether oxygens (including phenoxy) is 1. The Morgan fingerprint density at radius 3 is 2.29 bits per heavy atom. The van der Waals surface area contributed by atoms with Gasteiger partial charge in [0.25, 0.3) is 5.91 Å². The third kappa shape index (κ3) is 2.90. The molecule has 5 heteroatoms. The predicted octanol–water partition coefficient (Wildman–Crippen LogP) is 3.41. The van der Waals surface area contributed by atoms with Crippen LogP contribution in [0.15, 0.2) is 0 Å². The molecule has 2 N–H and O–H groups in total. The second kappa shape index (κ2) is 6.65. The molecule has 2 saturated carbocycles. The molecule has 1 aromatic rings. The van der Waals surface area contributed by atoms with Crippen LogP contribution in [0.1, 0.15) is 61.3 Å². The first-order valence-electron chi connectivity index (χ1n) is 10.6. The number of carbonyl (C=O) groups is 1. The number of fused-ring (bicyclic) bond motifs is 2. The molecule has 4 rings (SSSR count). The Kier molecular flexibility index (Phi) is 4.65. The van der Waals surface area contributed by atoms with E-state index in [9.17, 15) is 15.0 Å². The van der Waals surface area contributed by atoms with Gasteiger partial charge in [0.2, 0.25) is 0 Å². The molecule has 5 atom stereocenters. The number of nitrogens with zero attached hydrogens (tertiary/aromatic N) is 1. The van der Waals surface area contributed by atoms with Crippen LogP contribution in [0.4, 0.5) is 0 Å². The lowest BCUT2D eigenvalue weighted by atomic mass is 9.86. The Hall–Kier alpha value is -1.75. The quantitative estimate of drug-likeness (QED) is 0.816. The minimum absolute atomic E-state index is 0.0476. The van der Waals surface area contributed by atoms with Gasteiger partial charge < -0.3 is 19.8 Å². The van der Waals surface area contributed by atoms with E-state index in [0.717, 1.165) is 60.1 Å². The molecule has 0 bridgehead atoms. The number of rotatable bonds is 2. The zero-order valence-corrected chi connectivity index (χ0v) is 17.7. The smallest absolute Gasteiger partial charge is 0.266 e. The standard InChI is InChI=1S/C23H33NO4/c1-12-13(2)21-19(14(3)20(12)26)6-7-23(4,28-21)22(27)24(5)17-8-15-10-18(25)11-16(15)9-17/h15-18,25-26H,6-11H2,1-5H3/t15-,16+,17?,18?,23?. The van der Waals surface area contributed by atoms with Crippen molar-refractivity contribution in [2.24, 2.45) is 11.8 Å². The number of benzene rings is 1. The van der Waals surface area contributed by atoms with Gasteiger partial charge in [0.1, 0.15) is 11.5 Å². The van der Waals surface area contributed by atoms with Gasteiger partial charge in [0, 0.05) is 25.1 Å². The molecule has 1 aromatic carbocycles. The lowest BCUT2D eigenvalue weighted by Crippen LogP contribution is -2.54. The maximum absolute atomic E-state index is 13.5. The van der Waals surface area contributed by atoms with Gasteiger partial charge in [-0.2, -0.15) is 0 Å². The van der Waals surface area contributed by atoms with Crippen LogP contribution < -0.4 is 4.74 Å². The Labute approximate surface area is 167 Å². The van der Waals surface area contributed by atoms with Crippen LogP contribution in [-0.2, 0) is 11.2 Å². The van der Waals surface area contributed by atoms with E-state index >= 15 is 0 Å². The van der Waals surface area contributed by atoms with E-state index in [0.29, 0.717) is 24.0 Å². The summed E-state index contributed by atoms with van der Waals surface area (Å²) in [7, 11) is 1.91. The van der Waals surface area contributed by atoms with Gasteiger partial charge >= 0.3 is 0 Å². The number of aliphatic hydroxyl groups is 1. The Morgan fingerprint density at radius 2 is 1.68 bits per heavy atom. The van der Waals surface area contributed by atoms with Crippen LogP contribution in [0.25, 0.3) is 0 Å². The summed E-state index contributed by atoms with van der Waals surface area (Å²) in [5, 5.41) is 20.2. The molecule has 2 aliphatic carbocycles. The van der Waals surface area contributed by atoms with Crippen molar-refractivity contribution in [2.45, 2.75) is 84.0 Å². The van der Waals surface area contributed by atoms with Crippen molar-refractivity contribution in [1.29, 1.82) is 0 Å². The molecular formula is C23H33NO4. The summed E-state index contributed by atoms with van der Waals surface area (Å²) in [6.45, 7) is 7.68. The highest BCUT2D eigenvalue weighted by Gasteiger charge is 2.47. The number of carbonyl (C=O) groups excluding carboxylic acids is 1. The lowest BCUT2D eigenvalue weighted by Gasteiger charge is -2.40. The number of aliphatic hydroxyl groups excluding tert-OH is 1. The Morgan fingerprint density at radius 1 is 1.07 bits per heavy atom. The van der Waals surface area contributed by atoms with Crippen molar-refractivity contribution in [3.8, 4) is 11.5 Å². The summed E-state index contributed by atoms with van der Waals surface area (Å²) < 4.78 is 6.38. The summed E-state index contributed by atoms with van der Waals surface area (Å²) in [5.74, 6) is 2.26. The van der Waals surface area contributed by atoms with Crippen LogP contribution in [0, 0.1) is 32.6 Å². The fraction of sp³-hybridized carbons (Fsp3) is 0.696. The monoisotopic (exact) mass is 387 g/mol. The van der Waals surface area contributed by atoms with E-state index in [4.69, 9.17) is 4.74 Å². The largest absolute Gasteiger partial charge is 0.507 e. The normalized spacial score (nSPS) is 33.9. The van der Waals surface area contributed by atoms with Crippen molar-refractivity contribution >= 4 is 5.91 Å². The summed E-state index contributed by atoms with van der Waals surface area (Å²) in [6, 6.07) is 0.237. The van der Waals surface area contributed by atoms with Crippen molar-refractivity contribution in [1.82, 2.24) is 4.90 Å². The van der Waals surface area contributed by atoms with Gasteiger partial charge in [-0.15, -0.1) is 0 Å². The van der Waals surface area contributed by atoms with Crippen LogP contribution in [-0.4, -0.2) is 45.8 Å². The molecule has 154 valence electrons. The molecule has 0 aromatic heterocycles. The molecule has 1 amide bonds. The number of hydrogen-bond acceptors (Lipinski definition) is 4. The van der Waals surface area contributed by atoms with Crippen LogP contribution in [0.3, 0.4) is 0 Å². The number of aromatic hydroxyl groups is 1. The first-order chi connectivity index (χ1) is 13.1. The van der Waals surface area contributed by atoms with Gasteiger partial charge in [-0.3, -0.25) is 4.79 Å². The minimum Gasteiger partial charge on any atom is -0.507 e. The molecule has 2 fully saturated rings. The highest BCUT2D eigenvalue weighted by Crippen LogP contribution is 2.47. The van der Waals surface area contributed by atoms with Crippen molar-refractivity contribution < 1.29 is 19.7 Å². The van der Waals surface area contributed by atoms with E-state index in [1.165, 1.54) is 0 Å². The average Bonchev–Trinajstić information content (AvgIpc) is 3.20. The van der Waals surface area contributed by atoms with Crippen LogP contribution >= 0.6 is 0 Å². The zero-order valence-electron chi connectivity index (χ0n) is 17.7.